The van der Waals surface area contributed by atoms with Gasteiger partial charge in [-0.3, -0.25) is 13.7 Å². The molecule has 84 heavy (non-hydrogen) atoms. The first-order valence-electron chi connectivity index (χ1n) is 33.1. The van der Waals surface area contributed by atoms with Crippen LogP contribution in [0.15, 0.2) is 285 Å². The maximum atomic E-state index is 8.87. The summed E-state index contributed by atoms with van der Waals surface area (Å²) in [7, 11) is -2.93. The first-order valence-corrected chi connectivity index (χ1v) is 30.1. The highest BCUT2D eigenvalue weighted by Crippen LogP contribution is 2.39. The molecular formula is C78H62N4OSi. The minimum Gasteiger partial charge on any atom is -0.458 e. The van der Waals surface area contributed by atoms with Crippen molar-refractivity contribution in [2.75, 3.05) is 0 Å². The van der Waals surface area contributed by atoms with Crippen molar-refractivity contribution < 1.29 is 23.0 Å². The average Bonchev–Trinajstić information content (AvgIpc) is 1.04. The standard InChI is InChI=1S/C78H62N4OSi/c1-54-25-18-19-38-66(54)70-52-79-76(47-55(70)2)82-72-42-21-20-39-68(72)69-45-44-61(51-74(69)82)83-60-30-23-29-59(50-60)80-53-81(73-46-43-57(49-75(73)80)56-26-10-6-11-27-56)77-67(40-24-41-71(77)78(3,4)5)58-28-22-37-65(48-58)84(62-31-12-7-13-32-62,63-33-14-8-15-34-63)64-35-16-9-17-36-64/h6-52H,1-5H3/i1D3,2D3,18D,19D,25D,38D. The zero-order valence-corrected chi connectivity index (χ0v) is 47.5. The molecule has 0 aliphatic carbocycles. The van der Waals surface area contributed by atoms with E-state index in [1.807, 2.05) is 89.5 Å². The zero-order valence-electron chi connectivity index (χ0n) is 56.5. The topological polar surface area (TPSA) is 35.9 Å². The highest BCUT2D eigenvalue weighted by Gasteiger charge is 2.41. The van der Waals surface area contributed by atoms with E-state index in [1.165, 1.54) is 33.0 Å². The molecule has 11 aromatic carbocycles. The Morgan fingerprint density at radius 2 is 1.12 bits per heavy atom. The molecule has 0 bridgehead atoms. The second-order valence-corrected chi connectivity index (χ2v) is 26.0. The third-order valence-corrected chi connectivity index (χ3v) is 20.9. The molecule has 0 aliphatic heterocycles. The minimum atomic E-state index is -3.02. The molecule has 0 N–H and O–H groups in total. The van der Waals surface area contributed by atoms with Crippen molar-refractivity contribution in [1.82, 2.24) is 14.1 Å². The molecule has 0 saturated heterocycles. The Balaban J connectivity index is 0.913. The highest BCUT2D eigenvalue weighted by molar-refractivity contribution is 7.19. The van der Waals surface area contributed by atoms with Gasteiger partial charge in [-0.15, -0.1) is 0 Å². The predicted octanol–water partition coefficient (Wildman–Crippen LogP) is 16.3. The average molecular weight is 1110 g/mol. The van der Waals surface area contributed by atoms with Gasteiger partial charge in [-0.05, 0) is 133 Å². The van der Waals surface area contributed by atoms with E-state index in [2.05, 4.69) is 200 Å². The quantitative estimate of drug-likeness (QED) is 0.0529. The van der Waals surface area contributed by atoms with Crippen molar-refractivity contribution in [1.29, 1.82) is 0 Å². The zero-order chi connectivity index (χ0) is 65.4. The Morgan fingerprint density at radius 1 is 0.488 bits per heavy atom. The van der Waals surface area contributed by atoms with Crippen LogP contribution in [0.4, 0.5) is 0 Å². The molecule has 5 nitrogen and oxygen atoms in total. The summed E-state index contributed by atoms with van der Waals surface area (Å²) in [6.07, 6.45) is 5.12. The van der Waals surface area contributed by atoms with E-state index in [9.17, 15) is 0 Å². The molecule has 0 fully saturated rings. The smallest absolute Gasteiger partial charge is 0.269 e. The molecule has 0 aliphatic rings. The number of benzene rings is 11. The summed E-state index contributed by atoms with van der Waals surface area (Å²) in [5.74, 6) is 1.18. The molecule has 0 unspecified atom stereocenters. The van der Waals surface area contributed by atoms with E-state index in [0.29, 0.717) is 22.5 Å². The summed E-state index contributed by atoms with van der Waals surface area (Å²) in [6.45, 7) is 0.869. The maximum absolute atomic E-state index is 8.87. The van der Waals surface area contributed by atoms with Crippen LogP contribution in [-0.2, 0) is 5.41 Å². The Kier molecular flexibility index (Phi) is 10.6. The van der Waals surface area contributed by atoms with E-state index >= 15 is 0 Å². The van der Waals surface area contributed by atoms with Crippen LogP contribution < -0.4 is 30.1 Å². The molecule has 14 rings (SSSR count). The van der Waals surface area contributed by atoms with Gasteiger partial charge in [0.25, 0.3) is 6.33 Å². The van der Waals surface area contributed by atoms with Crippen molar-refractivity contribution in [3.05, 3.63) is 308 Å². The predicted molar refractivity (Wildman–Crippen MR) is 350 cm³/mol. The van der Waals surface area contributed by atoms with Crippen LogP contribution >= 0.6 is 0 Å². The van der Waals surface area contributed by atoms with Gasteiger partial charge in [0.05, 0.1) is 38.9 Å². The molecule has 3 aromatic heterocycles. The number of aryl methyl sites for hydroxylation is 1. The van der Waals surface area contributed by atoms with Crippen molar-refractivity contribution in [3.8, 4) is 62.1 Å². The lowest BCUT2D eigenvalue weighted by molar-refractivity contribution is -0.572. The molecule has 6 heteroatoms. The summed E-state index contributed by atoms with van der Waals surface area (Å²) in [4.78, 5) is 4.77. The van der Waals surface area contributed by atoms with Gasteiger partial charge in [0.2, 0.25) is 0 Å². The monoisotopic (exact) mass is 1110 g/mol. The fourth-order valence-electron chi connectivity index (χ4n) is 12.2. The van der Waals surface area contributed by atoms with Gasteiger partial charge >= 0.3 is 0 Å². The van der Waals surface area contributed by atoms with E-state index in [0.717, 1.165) is 61.0 Å². The van der Waals surface area contributed by atoms with Crippen molar-refractivity contribution in [3.63, 3.8) is 0 Å². The minimum absolute atomic E-state index is 0.181. The van der Waals surface area contributed by atoms with Gasteiger partial charge in [0.15, 0.2) is 8.07 Å². The third-order valence-electron chi connectivity index (χ3n) is 16.1. The third kappa shape index (κ3) is 9.12. The summed E-state index contributed by atoms with van der Waals surface area (Å²) >= 11 is 0. The maximum Gasteiger partial charge on any atom is 0.269 e. The van der Waals surface area contributed by atoms with Crippen molar-refractivity contribution in [2.45, 2.75) is 39.9 Å². The van der Waals surface area contributed by atoms with Crippen LogP contribution in [0.1, 0.15) is 51.2 Å². The van der Waals surface area contributed by atoms with Crippen molar-refractivity contribution >= 4 is 61.7 Å². The van der Waals surface area contributed by atoms with Crippen molar-refractivity contribution in [2.24, 2.45) is 0 Å². The molecule has 3 heterocycles. The Labute approximate surface area is 506 Å². The Morgan fingerprint density at radius 3 is 1.85 bits per heavy atom. The summed E-state index contributed by atoms with van der Waals surface area (Å²) < 4.78 is 98.5. The number of pyridine rings is 1. The fraction of sp³-hybridized carbons (Fsp3) is 0.0769. The van der Waals surface area contributed by atoms with E-state index < -0.39 is 57.1 Å². The van der Waals surface area contributed by atoms with Crippen LogP contribution in [0, 0.1) is 20.0 Å². The number of imidazole rings is 1. The van der Waals surface area contributed by atoms with E-state index in [-0.39, 0.29) is 22.4 Å². The SMILES string of the molecule is [2H]c1c([2H])c([2H])c(C([2H])([2H])[2H])c(-c2cnc(-n3c4ccccc4c4ccc(Oc5cccc(-n6[c-][n+](-c7c(-c8cccc([Si](c9ccccc9)(c9ccccc9)c9ccccc9)c8)cccc7C(C)(C)C)c7ccc(-c8ccccc8)cc76)c5)cc43)cc2C([2H])([2H])[2H])c1[2H]. The normalized spacial score (nSPS) is 13.9. The van der Waals surface area contributed by atoms with Crippen LogP contribution in [0.25, 0.3) is 83.4 Å². The van der Waals surface area contributed by atoms with Gasteiger partial charge in [0.1, 0.15) is 17.3 Å². The van der Waals surface area contributed by atoms with Gasteiger partial charge in [-0.25, -0.2) is 4.98 Å². The highest BCUT2D eigenvalue weighted by atomic mass is 28.3. The lowest BCUT2D eigenvalue weighted by Crippen LogP contribution is -2.74. The number of nitrogens with zero attached hydrogens (tertiary/aromatic N) is 4. The summed E-state index contributed by atoms with van der Waals surface area (Å²) in [5, 5.41) is 6.79. The number of para-hydroxylation sites is 2. The number of hydrogen-bond acceptors (Lipinski definition) is 2. The van der Waals surface area contributed by atoms with Crippen LogP contribution in [0.5, 0.6) is 11.5 Å². The summed E-state index contributed by atoms with van der Waals surface area (Å²) in [5.41, 5.74) is 8.33. The molecule has 0 amide bonds. The number of ether oxygens (including phenoxy) is 1. The molecule has 404 valence electrons. The molecule has 0 spiro atoms. The van der Waals surface area contributed by atoms with Gasteiger partial charge in [-0.1, -0.05) is 245 Å². The lowest BCUT2D eigenvalue weighted by atomic mass is 9.83. The number of aromatic nitrogens is 4. The first kappa shape index (κ1) is 41.8. The fourth-order valence-corrected chi connectivity index (χ4v) is 17.0. The Hall–Kier alpha value is -10.1. The largest absolute Gasteiger partial charge is 0.458 e. The molecular weight excluding hydrogens is 1040 g/mol. The van der Waals surface area contributed by atoms with Crippen LogP contribution in [-0.4, -0.2) is 22.2 Å². The molecule has 0 radical (unpaired) electrons. The number of hydrogen-bond donors (Lipinski definition) is 0. The second-order valence-electron chi connectivity index (χ2n) is 22.2. The van der Waals surface area contributed by atoms with E-state index in [4.69, 9.17) is 23.4 Å². The van der Waals surface area contributed by atoms with Gasteiger partial charge < -0.3 is 4.74 Å². The van der Waals surface area contributed by atoms with Gasteiger partial charge in [-0.2, -0.15) is 0 Å². The first-order chi connectivity index (χ1) is 45.2. The lowest BCUT2D eigenvalue weighted by Gasteiger charge is -2.35. The number of rotatable bonds is 12. The van der Waals surface area contributed by atoms with Gasteiger partial charge in [0, 0.05) is 36.8 Å². The van der Waals surface area contributed by atoms with Crippen LogP contribution in [0.2, 0.25) is 0 Å². The molecule has 14 aromatic rings. The Bertz CT molecular complexity index is 5140. The summed E-state index contributed by atoms with van der Waals surface area (Å²) in [6, 6.07) is 85.4. The van der Waals surface area contributed by atoms with E-state index in [1.54, 1.807) is 0 Å². The molecule has 0 atom stereocenters. The number of fused-ring (bicyclic) bond motifs is 4. The second kappa shape index (κ2) is 21.3. The van der Waals surface area contributed by atoms with Crippen LogP contribution in [0.3, 0.4) is 0 Å². The molecule has 0 saturated carbocycles.